The molecule has 2 aromatic rings. The minimum absolute atomic E-state index is 0.495. The molecule has 3 heteroatoms. The van der Waals surface area contributed by atoms with Crippen LogP contribution in [0, 0.1) is 5.92 Å². The Balaban J connectivity index is 1.94. The summed E-state index contributed by atoms with van der Waals surface area (Å²) in [6.45, 7) is 9.62. The van der Waals surface area contributed by atoms with Gasteiger partial charge in [0.2, 0.25) is 0 Å². The highest BCUT2D eigenvalue weighted by atomic mass is 15.1. The summed E-state index contributed by atoms with van der Waals surface area (Å²) in [5, 5.41) is 3.48. The Kier molecular flexibility index (Phi) is 5.36. The maximum Gasteiger partial charge on any atom is 0.0948 e. The average molecular weight is 271 g/mol. The molecule has 1 aromatic heterocycles. The van der Waals surface area contributed by atoms with Gasteiger partial charge in [0.1, 0.15) is 0 Å². The minimum Gasteiger partial charge on any atom is -0.333 e. The number of nitrogens with one attached hydrogen (secondary N) is 1. The van der Waals surface area contributed by atoms with Crippen molar-refractivity contribution < 1.29 is 0 Å². The maximum absolute atomic E-state index is 4.29. The van der Waals surface area contributed by atoms with Gasteiger partial charge in [-0.1, -0.05) is 51.1 Å². The molecule has 108 valence electrons. The first-order valence-electron chi connectivity index (χ1n) is 7.41. The standard InChI is InChI=1S/C17H25N3/c1-14(2)9-18-10-17-11-19-13-20(17)12-15(3)16-7-5-4-6-8-16/h4-8,11,13-15,18H,9-10,12H2,1-3H3. The van der Waals surface area contributed by atoms with Crippen molar-refractivity contribution in [1.82, 2.24) is 14.9 Å². The van der Waals surface area contributed by atoms with Crippen molar-refractivity contribution in [1.29, 1.82) is 0 Å². The number of benzene rings is 1. The van der Waals surface area contributed by atoms with E-state index in [-0.39, 0.29) is 0 Å². The molecule has 0 amide bonds. The summed E-state index contributed by atoms with van der Waals surface area (Å²) in [7, 11) is 0. The second-order valence-corrected chi connectivity index (χ2v) is 5.87. The highest BCUT2D eigenvalue weighted by Crippen LogP contribution is 2.17. The van der Waals surface area contributed by atoms with Gasteiger partial charge in [0, 0.05) is 19.3 Å². The van der Waals surface area contributed by atoms with Crippen molar-refractivity contribution >= 4 is 0 Å². The Labute approximate surface area is 122 Å². The molecule has 20 heavy (non-hydrogen) atoms. The lowest BCUT2D eigenvalue weighted by molar-refractivity contribution is 0.521. The Morgan fingerprint density at radius 2 is 1.90 bits per heavy atom. The van der Waals surface area contributed by atoms with Gasteiger partial charge in [-0.05, 0) is 23.9 Å². The Bertz CT molecular complexity index is 502. The summed E-state index contributed by atoms with van der Waals surface area (Å²) < 4.78 is 2.25. The molecule has 0 aliphatic carbocycles. The van der Waals surface area contributed by atoms with Gasteiger partial charge in [0.25, 0.3) is 0 Å². The SMILES string of the molecule is CC(C)CNCc1cncn1CC(C)c1ccccc1. The van der Waals surface area contributed by atoms with Gasteiger partial charge in [-0.15, -0.1) is 0 Å². The van der Waals surface area contributed by atoms with Crippen LogP contribution < -0.4 is 5.32 Å². The van der Waals surface area contributed by atoms with Crippen molar-refractivity contribution in [3.63, 3.8) is 0 Å². The van der Waals surface area contributed by atoms with Crippen LogP contribution in [0.1, 0.15) is 37.9 Å². The van der Waals surface area contributed by atoms with Crippen molar-refractivity contribution in [2.45, 2.75) is 39.8 Å². The molecule has 1 aromatic carbocycles. The van der Waals surface area contributed by atoms with Crippen molar-refractivity contribution in [3.8, 4) is 0 Å². The van der Waals surface area contributed by atoms with Gasteiger partial charge >= 0.3 is 0 Å². The third kappa shape index (κ3) is 4.20. The number of hydrogen-bond acceptors (Lipinski definition) is 2. The van der Waals surface area contributed by atoms with E-state index in [0.717, 1.165) is 19.6 Å². The monoisotopic (exact) mass is 271 g/mol. The van der Waals surface area contributed by atoms with E-state index >= 15 is 0 Å². The molecule has 0 saturated heterocycles. The Morgan fingerprint density at radius 3 is 2.60 bits per heavy atom. The summed E-state index contributed by atoms with van der Waals surface area (Å²) >= 11 is 0. The van der Waals surface area contributed by atoms with Gasteiger partial charge in [-0.3, -0.25) is 0 Å². The van der Waals surface area contributed by atoms with E-state index < -0.39 is 0 Å². The largest absolute Gasteiger partial charge is 0.333 e. The summed E-state index contributed by atoms with van der Waals surface area (Å²) in [5.74, 6) is 1.17. The lowest BCUT2D eigenvalue weighted by atomic mass is 10.0. The summed E-state index contributed by atoms with van der Waals surface area (Å²) in [5.41, 5.74) is 2.63. The topological polar surface area (TPSA) is 29.9 Å². The van der Waals surface area contributed by atoms with E-state index in [4.69, 9.17) is 0 Å². The van der Waals surface area contributed by atoms with Crippen LogP contribution in [-0.2, 0) is 13.1 Å². The van der Waals surface area contributed by atoms with Crippen LogP contribution in [0.3, 0.4) is 0 Å². The van der Waals surface area contributed by atoms with Crippen molar-refractivity contribution in [3.05, 3.63) is 54.1 Å². The molecule has 2 rings (SSSR count). The number of nitrogens with zero attached hydrogens (tertiary/aromatic N) is 2. The molecule has 0 saturated carbocycles. The minimum atomic E-state index is 0.495. The van der Waals surface area contributed by atoms with Crippen LogP contribution in [-0.4, -0.2) is 16.1 Å². The van der Waals surface area contributed by atoms with Crippen LogP contribution in [0.2, 0.25) is 0 Å². The summed E-state index contributed by atoms with van der Waals surface area (Å²) in [4.78, 5) is 4.29. The predicted octanol–water partition coefficient (Wildman–Crippen LogP) is 3.43. The molecule has 1 atom stereocenters. The van der Waals surface area contributed by atoms with Crippen LogP contribution in [0.25, 0.3) is 0 Å². The molecule has 0 aliphatic rings. The van der Waals surface area contributed by atoms with E-state index in [0.29, 0.717) is 11.8 Å². The number of aromatic nitrogens is 2. The van der Waals surface area contributed by atoms with Crippen LogP contribution in [0.4, 0.5) is 0 Å². The fraction of sp³-hybridized carbons (Fsp3) is 0.471. The third-order valence-electron chi connectivity index (χ3n) is 3.50. The highest BCUT2D eigenvalue weighted by molar-refractivity contribution is 5.18. The first-order chi connectivity index (χ1) is 9.66. The number of hydrogen-bond donors (Lipinski definition) is 1. The van der Waals surface area contributed by atoms with Crippen LogP contribution in [0.5, 0.6) is 0 Å². The highest BCUT2D eigenvalue weighted by Gasteiger charge is 2.09. The second-order valence-electron chi connectivity index (χ2n) is 5.87. The molecular weight excluding hydrogens is 246 g/mol. The Hall–Kier alpha value is -1.61. The lowest BCUT2D eigenvalue weighted by Crippen LogP contribution is -2.21. The smallest absolute Gasteiger partial charge is 0.0948 e. The fourth-order valence-corrected chi connectivity index (χ4v) is 2.33. The molecule has 0 fully saturated rings. The van der Waals surface area contributed by atoms with Gasteiger partial charge in [-0.25, -0.2) is 4.98 Å². The van der Waals surface area contributed by atoms with Crippen LogP contribution >= 0.6 is 0 Å². The Morgan fingerprint density at radius 1 is 1.15 bits per heavy atom. The molecule has 0 radical (unpaired) electrons. The van der Waals surface area contributed by atoms with E-state index in [9.17, 15) is 0 Å². The molecule has 0 bridgehead atoms. The number of imidazole rings is 1. The van der Waals surface area contributed by atoms with E-state index in [1.165, 1.54) is 11.3 Å². The molecule has 1 N–H and O–H groups in total. The van der Waals surface area contributed by atoms with E-state index in [1.807, 2.05) is 12.5 Å². The first-order valence-corrected chi connectivity index (χ1v) is 7.41. The van der Waals surface area contributed by atoms with Gasteiger partial charge in [0.05, 0.1) is 12.0 Å². The van der Waals surface area contributed by atoms with Crippen LogP contribution in [0.15, 0.2) is 42.9 Å². The zero-order valence-corrected chi connectivity index (χ0v) is 12.7. The average Bonchev–Trinajstić information content (AvgIpc) is 2.87. The van der Waals surface area contributed by atoms with E-state index in [2.05, 4.69) is 66.0 Å². The molecular formula is C17H25N3. The maximum atomic E-state index is 4.29. The first kappa shape index (κ1) is 14.8. The third-order valence-corrected chi connectivity index (χ3v) is 3.50. The lowest BCUT2D eigenvalue weighted by Gasteiger charge is -2.15. The van der Waals surface area contributed by atoms with Gasteiger partial charge in [0.15, 0.2) is 0 Å². The fourth-order valence-electron chi connectivity index (χ4n) is 2.33. The quantitative estimate of drug-likeness (QED) is 0.836. The summed E-state index contributed by atoms with van der Waals surface area (Å²) in [6, 6.07) is 10.7. The molecule has 1 heterocycles. The zero-order chi connectivity index (χ0) is 14.4. The second kappa shape index (κ2) is 7.25. The molecule has 0 spiro atoms. The van der Waals surface area contributed by atoms with Crippen molar-refractivity contribution in [2.75, 3.05) is 6.54 Å². The normalized spacial score (nSPS) is 12.8. The van der Waals surface area contributed by atoms with Crippen molar-refractivity contribution in [2.24, 2.45) is 5.92 Å². The molecule has 0 aliphatic heterocycles. The predicted molar refractivity (Wildman–Crippen MR) is 83.6 cm³/mol. The zero-order valence-electron chi connectivity index (χ0n) is 12.7. The number of rotatable bonds is 7. The van der Waals surface area contributed by atoms with Gasteiger partial charge < -0.3 is 9.88 Å². The summed E-state index contributed by atoms with van der Waals surface area (Å²) in [6.07, 6.45) is 3.90. The molecule has 1 unspecified atom stereocenters. The van der Waals surface area contributed by atoms with E-state index in [1.54, 1.807) is 0 Å². The van der Waals surface area contributed by atoms with Gasteiger partial charge in [-0.2, -0.15) is 0 Å². The molecule has 3 nitrogen and oxygen atoms in total.